The van der Waals surface area contributed by atoms with Gasteiger partial charge in [0, 0.05) is 6.07 Å². The van der Waals surface area contributed by atoms with Crippen molar-refractivity contribution >= 4 is 33.2 Å². The van der Waals surface area contributed by atoms with Crippen molar-refractivity contribution < 1.29 is 4.74 Å². The van der Waals surface area contributed by atoms with E-state index < -0.39 is 0 Å². The molecule has 0 unspecified atom stereocenters. The first-order chi connectivity index (χ1) is 5.15. The smallest absolute Gasteiger partial charge is 0.134 e. The number of nitrogens with two attached hydrogens (primary N) is 1. The molecular weight excluding hydrogens is 229 g/mol. The Hall–Kier alpha value is -0.410. The van der Waals surface area contributed by atoms with Crippen molar-refractivity contribution in [2.24, 2.45) is 0 Å². The van der Waals surface area contributed by atoms with Gasteiger partial charge in [-0.1, -0.05) is 11.6 Å². The Kier molecular flexibility index (Phi) is 2.62. The SMILES string of the molecule is COc1cc(Cl)c(N)cc1Br. The van der Waals surface area contributed by atoms with Crippen LogP contribution >= 0.6 is 27.5 Å². The third-order valence-electron chi connectivity index (χ3n) is 1.27. The van der Waals surface area contributed by atoms with Gasteiger partial charge in [-0.05, 0) is 22.0 Å². The molecule has 0 atom stereocenters. The van der Waals surface area contributed by atoms with Gasteiger partial charge < -0.3 is 10.5 Å². The number of rotatable bonds is 1. The zero-order valence-electron chi connectivity index (χ0n) is 5.90. The maximum absolute atomic E-state index is 5.74. The summed E-state index contributed by atoms with van der Waals surface area (Å²) in [6.07, 6.45) is 0. The van der Waals surface area contributed by atoms with Gasteiger partial charge >= 0.3 is 0 Å². The van der Waals surface area contributed by atoms with Gasteiger partial charge in [-0.3, -0.25) is 0 Å². The van der Waals surface area contributed by atoms with Gasteiger partial charge in [0.2, 0.25) is 0 Å². The van der Waals surface area contributed by atoms with Gasteiger partial charge in [-0.25, -0.2) is 0 Å². The van der Waals surface area contributed by atoms with Crippen LogP contribution in [0, 0.1) is 0 Å². The summed E-state index contributed by atoms with van der Waals surface area (Å²) >= 11 is 9.02. The lowest BCUT2D eigenvalue weighted by Crippen LogP contribution is -1.89. The number of halogens is 2. The Morgan fingerprint density at radius 1 is 1.55 bits per heavy atom. The third kappa shape index (κ3) is 1.79. The van der Waals surface area contributed by atoms with E-state index in [0.29, 0.717) is 16.5 Å². The van der Waals surface area contributed by atoms with Crippen LogP contribution in [0.4, 0.5) is 5.69 Å². The molecule has 60 valence electrons. The molecule has 0 aliphatic heterocycles. The van der Waals surface area contributed by atoms with Gasteiger partial charge in [0.1, 0.15) is 5.75 Å². The average Bonchev–Trinajstić information content (AvgIpc) is 1.97. The zero-order valence-corrected chi connectivity index (χ0v) is 8.24. The van der Waals surface area contributed by atoms with Gasteiger partial charge in [0.25, 0.3) is 0 Å². The number of anilines is 1. The van der Waals surface area contributed by atoms with Crippen molar-refractivity contribution in [1.29, 1.82) is 0 Å². The van der Waals surface area contributed by atoms with Crippen molar-refractivity contribution in [3.8, 4) is 5.75 Å². The standard InChI is InChI=1S/C7H7BrClNO/c1-11-7-3-5(9)6(10)2-4(7)8/h2-3H,10H2,1H3. The van der Waals surface area contributed by atoms with Crippen LogP contribution in [-0.4, -0.2) is 7.11 Å². The predicted octanol–water partition coefficient (Wildman–Crippen LogP) is 2.69. The first-order valence-electron chi connectivity index (χ1n) is 2.93. The first kappa shape index (κ1) is 8.68. The van der Waals surface area contributed by atoms with Gasteiger partial charge in [0.05, 0.1) is 22.3 Å². The van der Waals surface area contributed by atoms with Gasteiger partial charge in [-0.15, -0.1) is 0 Å². The average molecular weight is 236 g/mol. The minimum Gasteiger partial charge on any atom is -0.496 e. The molecule has 0 saturated heterocycles. The summed E-state index contributed by atoms with van der Waals surface area (Å²) in [5, 5.41) is 0.505. The van der Waals surface area contributed by atoms with Crippen molar-refractivity contribution in [3.05, 3.63) is 21.6 Å². The molecule has 1 aromatic carbocycles. The van der Waals surface area contributed by atoms with Crippen molar-refractivity contribution in [2.45, 2.75) is 0 Å². The summed E-state index contributed by atoms with van der Waals surface area (Å²) in [7, 11) is 1.58. The highest BCUT2D eigenvalue weighted by Crippen LogP contribution is 2.32. The minimum absolute atomic E-state index is 0.505. The lowest BCUT2D eigenvalue weighted by Gasteiger charge is -2.04. The Balaban J connectivity index is 3.21. The fourth-order valence-corrected chi connectivity index (χ4v) is 1.38. The molecule has 0 aliphatic carbocycles. The van der Waals surface area contributed by atoms with Gasteiger partial charge in [-0.2, -0.15) is 0 Å². The molecule has 0 aromatic heterocycles. The van der Waals surface area contributed by atoms with E-state index >= 15 is 0 Å². The Bertz CT molecular complexity index is 277. The summed E-state index contributed by atoms with van der Waals surface area (Å²) < 4.78 is 5.80. The van der Waals surface area contributed by atoms with Crippen molar-refractivity contribution in [3.63, 3.8) is 0 Å². The Morgan fingerprint density at radius 3 is 2.73 bits per heavy atom. The number of hydrogen-bond acceptors (Lipinski definition) is 2. The van der Waals surface area contributed by atoms with Crippen LogP contribution in [0.3, 0.4) is 0 Å². The fourth-order valence-electron chi connectivity index (χ4n) is 0.700. The first-order valence-corrected chi connectivity index (χ1v) is 4.10. The molecule has 0 spiro atoms. The molecular formula is C7H7BrClNO. The fraction of sp³-hybridized carbons (Fsp3) is 0.143. The largest absolute Gasteiger partial charge is 0.496 e. The van der Waals surface area contributed by atoms with Crippen LogP contribution in [0.1, 0.15) is 0 Å². The summed E-state index contributed by atoms with van der Waals surface area (Å²) in [6, 6.07) is 3.38. The van der Waals surface area contributed by atoms with Crippen LogP contribution < -0.4 is 10.5 Å². The second-order valence-corrected chi connectivity index (χ2v) is 3.27. The molecule has 1 rings (SSSR count). The van der Waals surface area contributed by atoms with Crippen LogP contribution in [0.15, 0.2) is 16.6 Å². The van der Waals surface area contributed by atoms with Crippen LogP contribution in [0.25, 0.3) is 0 Å². The molecule has 0 radical (unpaired) electrons. The molecule has 0 aliphatic rings. The molecule has 0 saturated carbocycles. The zero-order chi connectivity index (χ0) is 8.43. The Morgan fingerprint density at radius 2 is 2.18 bits per heavy atom. The van der Waals surface area contributed by atoms with E-state index in [9.17, 15) is 0 Å². The highest BCUT2D eigenvalue weighted by atomic mass is 79.9. The van der Waals surface area contributed by atoms with E-state index in [1.807, 2.05) is 0 Å². The summed E-state index contributed by atoms with van der Waals surface area (Å²) in [4.78, 5) is 0. The quantitative estimate of drug-likeness (QED) is 0.761. The van der Waals surface area contributed by atoms with E-state index in [-0.39, 0.29) is 0 Å². The number of benzene rings is 1. The Labute approximate surface area is 78.4 Å². The molecule has 4 heteroatoms. The normalized spacial score (nSPS) is 9.73. The molecule has 2 N–H and O–H groups in total. The van der Waals surface area contributed by atoms with E-state index in [4.69, 9.17) is 22.1 Å². The van der Waals surface area contributed by atoms with Crippen LogP contribution in [0.5, 0.6) is 5.75 Å². The maximum atomic E-state index is 5.74. The topological polar surface area (TPSA) is 35.2 Å². The second kappa shape index (κ2) is 3.32. The molecule has 0 fully saturated rings. The van der Waals surface area contributed by atoms with E-state index in [0.717, 1.165) is 4.47 Å². The molecule has 2 nitrogen and oxygen atoms in total. The molecule has 0 amide bonds. The van der Waals surface area contributed by atoms with Crippen molar-refractivity contribution in [2.75, 3.05) is 12.8 Å². The van der Waals surface area contributed by atoms with E-state index in [2.05, 4.69) is 15.9 Å². The number of ether oxygens (including phenoxy) is 1. The second-order valence-electron chi connectivity index (χ2n) is 2.01. The molecule has 11 heavy (non-hydrogen) atoms. The third-order valence-corrected chi connectivity index (χ3v) is 2.22. The highest BCUT2D eigenvalue weighted by Gasteiger charge is 2.03. The highest BCUT2D eigenvalue weighted by molar-refractivity contribution is 9.10. The number of hydrogen-bond donors (Lipinski definition) is 1. The maximum Gasteiger partial charge on any atom is 0.134 e. The lowest BCUT2D eigenvalue weighted by atomic mass is 10.3. The van der Waals surface area contributed by atoms with E-state index in [1.54, 1.807) is 19.2 Å². The van der Waals surface area contributed by atoms with E-state index in [1.165, 1.54) is 0 Å². The molecule has 1 aromatic rings. The summed E-state index contributed by atoms with van der Waals surface area (Å²) in [5.74, 6) is 0.684. The van der Waals surface area contributed by atoms with Crippen molar-refractivity contribution in [1.82, 2.24) is 0 Å². The number of nitrogen functional groups attached to an aromatic ring is 1. The van der Waals surface area contributed by atoms with Gasteiger partial charge in [0.15, 0.2) is 0 Å². The number of methoxy groups -OCH3 is 1. The molecule has 0 heterocycles. The monoisotopic (exact) mass is 235 g/mol. The summed E-state index contributed by atoms with van der Waals surface area (Å²) in [5.41, 5.74) is 6.07. The minimum atomic E-state index is 0.505. The lowest BCUT2D eigenvalue weighted by molar-refractivity contribution is 0.412. The van der Waals surface area contributed by atoms with Crippen LogP contribution in [0.2, 0.25) is 5.02 Å². The molecule has 0 bridgehead atoms. The summed E-state index contributed by atoms with van der Waals surface area (Å²) in [6.45, 7) is 0. The predicted molar refractivity (Wildman–Crippen MR) is 50.1 cm³/mol. The van der Waals surface area contributed by atoms with Crippen LogP contribution in [-0.2, 0) is 0 Å².